The van der Waals surface area contributed by atoms with E-state index in [0.29, 0.717) is 19.8 Å². The highest BCUT2D eigenvalue weighted by Gasteiger charge is 2.43. The second kappa shape index (κ2) is 13.0. The summed E-state index contributed by atoms with van der Waals surface area (Å²) in [7, 11) is 0. The molecule has 0 aromatic heterocycles. The average Bonchev–Trinajstić information content (AvgIpc) is 2.68. The Bertz CT molecular complexity index is 277. The van der Waals surface area contributed by atoms with Gasteiger partial charge in [-0.1, -0.05) is 40.0 Å². The molecular weight excluding hydrogens is 312 g/mol. The van der Waals surface area contributed by atoms with Crippen molar-refractivity contribution in [3.8, 4) is 0 Å². The van der Waals surface area contributed by atoms with Crippen LogP contribution in [0.15, 0.2) is 0 Å². The Hall–Kier alpha value is -0.240. The number of ether oxygens (including phenoxy) is 4. The molecule has 5 atom stereocenters. The third kappa shape index (κ3) is 7.33. The highest BCUT2D eigenvalue weighted by Crippen LogP contribution is 2.24. The first-order valence-corrected chi connectivity index (χ1v) is 9.48. The van der Waals surface area contributed by atoms with Gasteiger partial charge in [-0.25, -0.2) is 0 Å². The van der Waals surface area contributed by atoms with Crippen molar-refractivity contribution in [1.82, 2.24) is 0 Å². The lowest BCUT2D eigenvalue weighted by molar-refractivity contribution is -0.213. The zero-order valence-corrected chi connectivity index (χ0v) is 15.5. The molecule has 1 aliphatic heterocycles. The van der Waals surface area contributed by atoms with Crippen LogP contribution < -0.4 is 0 Å². The molecule has 1 saturated heterocycles. The van der Waals surface area contributed by atoms with Crippen LogP contribution in [0.25, 0.3) is 0 Å². The van der Waals surface area contributed by atoms with E-state index < -0.39 is 30.7 Å². The van der Waals surface area contributed by atoms with Crippen molar-refractivity contribution in [3.05, 3.63) is 0 Å². The van der Waals surface area contributed by atoms with Crippen molar-refractivity contribution in [2.75, 3.05) is 26.4 Å². The molecule has 0 saturated carbocycles. The van der Waals surface area contributed by atoms with Gasteiger partial charge in [-0.3, -0.25) is 0 Å². The molecule has 0 amide bonds. The molecule has 6 nitrogen and oxygen atoms in total. The summed E-state index contributed by atoms with van der Waals surface area (Å²) in [6.45, 7) is 7.89. The predicted molar refractivity (Wildman–Crippen MR) is 91.9 cm³/mol. The number of hydrogen-bond donors (Lipinski definition) is 2. The van der Waals surface area contributed by atoms with Gasteiger partial charge >= 0.3 is 0 Å². The number of rotatable bonds is 12. The second-order valence-corrected chi connectivity index (χ2v) is 6.36. The average molecular weight is 348 g/mol. The van der Waals surface area contributed by atoms with E-state index in [0.717, 1.165) is 38.5 Å². The van der Waals surface area contributed by atoms with Gasteiger partial charge in [0.1, 0.15) is 24.4 Å². The van der Waals surface area contributed by atoms with Gasteiger partial charge in [0.2, 0.25) is 0 Å². The summed E-state index contributed by atoms with van der Waals surface area (Å²) in [6, 6.07) is 0. The molecule has 0 spiro atoms. The van der Waals surface area contributed by atoms with Crippen LogP contribution in [0, 0.1) is 0 Å². The smallest absolute Gasteiger partial charge is 0.183 e. The molecule has 1 heterocycles. The molecule has 0 radical (unpaired) electrons. The largest absolute Gasteiger partial charge is 0.388 e. The van der Waals surface area contributed by atoms with E-state index in [4.69, 9.17) is 18.9 Å². The lowest BCUT2D eigenvalue weighted by atomic mass is 10.0. The van der Waals surface area contributed by atoms with E-state index in [9.17, 15) is 10.2 Å². The summed E-state index contributed by atoms with van der Waals surface area (Å²) in [4.78, 5) is 0. The highest BCUT2D eigenvalue weighted by molar-refractivity contribution is 4.89. The number of hydrogen-bond acceptors (Lipinski definition) is 6. The van der Waals surface area contributed by atoms with E-state index in [1.807, 2.05) is 0 Å². The van der Waals surface area contributed by atoms with Gasteiger partial charge in [0.05, 0.1) is 6.61 Å². The molecule has 1 aliphatic rings. The maximum atomic E-state index is 10.4. The minimum Gasteiger partial charge on any atom is -0.388 e. The van der Waals surface area contributed by atoms with Gasteiger partial charge < -0.3 is 29.2 Å². The van der Waals surface area contributed by atoms with Crippen LogP contribution in [-0.2, 0) is 18.9 Å². The van der Waals surface area contributed by atoms with Crippen molar-refractivity contribution >= 4 is 0 Å². The molecule has 1 rings (SSSR count). The Balaban J connectivity index is 2.82. The molecule has 0 bridgehead atoms. The summed E-state index contributed by atoms with van der Waals surface area (Å²) in [5.74, 6) is 0. The van der Waals surface area contributed by atoms with Crippen molar-refractivity contribution in [2.24, 2.45) is 0 Å². The van der Waals surface area contributed by atoms with Crippen molar-refractivity contribution in [1.29, 1.82) is 0 Å². The Labute approximate surface area is 146 Å². The Morgan fingerprint density at radius 3 is 1.71 bits per heavy atom. The maximum Gasteiger partial charge on any atom is 0.183 e. The topological polar surface area (TPSA) is 77.4 Å². The summed E-state index contributed by atoms with van der Waals surface area (Å²) in [5.41, 5.74) is 0. The molecule has 24 heavy (non-hydrogen) atoms. The fourth-order valence-corrected chi connectivity index (χ4v) is 2.62. The Morgan fingerprint density at radius 1 is 0.750 bits per heavy atom. The molecule has 2 unspecified atom stereocenters. The lowest BCUT2D eigenvalue weighted by Gasteiger charge is -2.33. The number of aliphatic hydroxyl groups excluding tert-OH is 2. The normalized spacial score (nSPS) is 31.1. The van der Waals surface area contributed by atoms with Gasteiger partial charge in [-0.15, -0.1) is 0 Å². The van der Waals surface area contributed by atoms with Crippen molar-refractivity contribution < 1.29 is 29.2 Å². The third-order valence-electron chi connectivity index (χ3n) is 4.17. The van der Waals surface area contributed by atoms with Gasteiger partial charge in [0.15, 0.2) is 6.29 Å². The van der Waals surface area contributed by atoms with Crippen LogP contribution in [-0.4, -0.2) is 67.3 Å². The summed E-state index contributed by atoms with van der Waals surface area (Å²) < 4.78 is 23.1. The van der Waals surface area contributed by atoms with E-state index >= 15 is 0 Å². The van der Waals surface area contributed by atoms with Crippen LogP contribution in [0.1, 0.15) is 59.3 Å². The van der Waals surface area contributed by atoms with E-state index in [1.165, 1.54) is 0 Å². The fourth-order valence-electron chi connectivity index (χ4n) is 2.62. The molecule has 0 aliphatic carbocycles. The maximum absolute atomic E-state index is 10.4. The SMILES string of the molecule is CCCCOC1C(OCCCC)[C@H](OCCCC)[C@H](O)CO[C@@H]1O. The first-order chi connectivity index (χ1) is 11.7. The number of unbranched alkanes of at least 4 members (excludes halogenated alkanes) is 3. The van der Waals surface area contributed by atoms with E-state index in [1.54, 1.807) is 0 Å². The number of aliphatic hydroxyl groups is 2. The zero-order valence-electron chi connectivity index (χ0n) is 15.5. The first kappa shape index (κ1) is 21.8. The zero-order chi connectivity index (χ0) is 17.8. The van der Waals surface area contributed by atoms with Crippen molar-refractivity contribution in [2.45, 2.75) is 90.0 Å². The monoisotopic (exact) mass is 348 g/mol. The lowest BCUT2D eigenvalue weighted by Crippen LogP contribution is -2.50. The van der Waals surface area contributed by atoms with Crippen LogP contribution in [0.2, 0.25) is 0 Å². The Morgan fingerprint density at radius 2 is 1.21 bits per heavy atom. The molecular formula is C18H36O6. The quantitative estimate of drug-likeness (QED) is 0.527. The summed E-state index contributed by atoms with van der Waals surface area (Å²) in [5, 5.41) is 20.7. The van der Waals surface area contributed by atoms with Gasteiger partial charge in [-0.2, -0.15) is 0 Å². The minimum absolute atomic E-state index is 0.0131. The van der Waals surface area contributed by atoms with Crippen molar-refractivity contribution in [3.63, 3.8) is 0 Å². The molecule has 2 N–H and O–H groups in total. The fraction of sp³-hybridized carbons (Fsp3) is 1.00. The first-order valence-electron chi connectivity index (χ1n) is 9.48. The second-order valence-electron chi connectivity index (χ2n) is 6.36. The molecule has 6 heteroatoms. The summed E-state index contributed by atoms with van der Waals surface area (Å²) >= 11 is 0. The van der Waals surface area contributed by atoms with Crippen LogP contribution >= 0.6 is 0 Å². The standard InChI is InChI=1S/C18H36O6/c1-4-7-10-21-15-14(19)13-24-18(20)17(23-12-9-6-3)16(15)22-11-8-5-2/h14-20H,4-13H2,1-3H3/t14-,15-,16?,17?,18+/m1/s1. The molecule has 144 valence electrons. The molecule has 1 fully saturated rings. The minimum atomic E-state index is -1.12. The molecule has 0 aromatic carbocycles. The highest BCUT2D eigenvalue weighted by atomic mass is 16.7. The van der Waals surface area contributed by atoms with E-state index in [2.05, 4.69) is 20.8 Å². The molecule has 0 aromatic rings. The van der Waals surface area contributed by atoms with E-state index in [-0.39, 0.29) is 6.61 Å². The Kier molecular flexibility index (Phi) is 11.8. The van der Waals surface area contributed by atoms with Gasteiger partial charge in [0, 0.05) is 19.8 Å². The van der Waals surface area contributed by atoms with Crippen LogP contribution in [0.4, 0.5) is 0 Å². The summed E-state index contributed by atoms with van der Waals surface area (Å²) in [6.07, 6.45) is 2.02. The predicted octanol–water partition coefficient (Wildman–Crippen LogP) is 2.25. The van der Waals surface area contributed by atoms with Crippen LogP contribution in [0.3, 0.4) is 0 Å². The van der Waals surface area contributed by atoms with Gasteiger partial charge in [-0.05, 0) is 19.3 Å². The van der Waals surface area contributed by atoms with Gasteiger partial charge in [0.25, 0.3) is 0 Å². The van der Waals surface area contributed by atoms with Crippen LogP contribution in [0.5, 0.6) is 0 Å². The third-order valence-corrected chi connectivity index (χ3v) is 4.17.